The molecule has 0 aliphatic carbocycles. The fourth-order valence-electron chi connectivity index (χ4n) is 1.37. The van der Waals surface area contributed by atoms with Crippen molar-refractivity contribution < 1.29 is 0 Å². The van der Waals surface area contributed by atoms with Crippen LogP contribution < -0.4 is 0 Å². The Morgan fingerprint density at radius 3 is 1.78 bits per heavy atom. The van der Waals surface area contributed by atoms with Crippen molar-refractivity contribution in [1.82, 2.24) is 4.98 Å². The number of nitrogens with zero attached hydrogens (tertiary/aromatic N) is 2. The summed E-state index contributed by atoms with van der Waals surface area (Å²) in [7, 11) is 1.80. The number of aryl methyl sites for hydroxylation is 3. The van der Waals surface area contributed by atoms with E-state index >= 15 is 0 Å². The fourth-order valence-corrected chi connectivity index (χ4v) is 1.37. The molecule has 0 saturated carbocycles. The average molecular weight is 319 g/mol. The number of pyridine rings is 1. The van der Waals surface area contributed by atoms with Crippen LogP contribution in [0.4, 0.5) is 0 Å². The maximum absolute atomic E-state index is 4.14. The highest BCUT2D eigenvalue weighted by molar-refractivity contribution is 5.98. The van der Waals surface area contributed by atoms with Crippen LogP contribution in [0.25, 0.3) is 0 Å². The van der Waals surface area contributed by atoms with Gasteiger partial charge in [0.15, 0.2) is 0 Å². The normalized spacial score (nSPS) is 10.7. The van der Waals surface area contributed by atoms with Gasteiger partial charge in [-0.1, -0.05) is 40.3 Å². The highest BCUT2D eigenvalue weighted by Gasteiger charge is 1.94. The molecule has 0 aromatic carbocycles. The second-order valence-electron chi connectivity index (χ2n) is 4.73. The Kier molecular flexibility index (Phi) is 19.0. The number of allylic oxidation sites excluding steroid dienone is 3. The highest BCUT2D eigenvalue weighted by Crippen LogP contribution is 2.05. The molecule has 23 heavy (non-hydrogen) atoms. The molecule has 1 rings (SSSR count). The van der Waals surface area contributed by atoms with Gasteiger partial charge in [0.2, 0.25) is 0 Å². The minimum atomic E-state index is 1.08. The molecular weight excluding hydrogens is 280 g/mol. The molecule has 1 aromatic rings. The van der Waals surface area contributed by atoms with Gasteiger partial charge in [0.25, 0.3) is 0 Å². The monoisotopic (exact) mass is 318 g/mol. The molecule has 0 N–H and O–H groups in total. The molecule has 2 nitrogen and oxygen atoms in total. The Labute approximate surface area is 145 Å². The van der Waals surface area contributed by atoms with Crippen LogP contribution in [0.1, 0.15) is 65.3 Å². The van der Waals surface area contributed by atoms with Gasteiger partial charge in [-0.3, -0.25) is 9.98 Å². The third-order valence-corrected chi connectivity index (χ3v) is 3.29. The molecule has 0 fully saturated rings. The van der Waals surface area contributed by atoms with E-state index in [0.29, 0.717) is 0 Å². The number of hydrogen-bond acceptors (Lipinski definition) is 2. The van der Waals surface area contributed by atoms with E-state index in [0.717, 1.165) is 11.4 Å². The number of aliphatic imine (C=N–C) groups is 1. The van der Waals surface area contributed by atoms with Crippen molar-refractivity contribution in [2.75, 3.05) is 7.05 Å². The predicted molar refractivity (Wildman–Crippen MR) is 109 cm³/mol. The van der Waals surface area contributed by atoms with Crippen molar-refractivity contribution in [2.24, 2.45) is 4.99 Å². The molecule has 0 saturated heterocycles. The number of aromatic nitrogens is 1. The third-order valence-electron chi connectivity index (χ3n) is 3.29. The van der Waals surface area contributed by atoms with Gasteiger partial charge < -0.3 is 0 Å². The molecule has 0 radical (unpaired) electrons. The van der Waals surface area contributed by atoms with Crippen molar-refractivity contribution >= 4 is 5.71 Å². The lowest BCUT2D eigenvalue weighted by Crippen LogP contribution is -1.94. The van der Waals surface area contributed by atoms with E-state index in [-0.39, 0.29) is 0 Å². The first-order valence-corrected chi connectivity index (χ1v) is 8.47. The molecule has 1 aromatic heterocycles. The van der Waals surface area contributed by atoms with Crippen molar-refractivity contribution in [3.63, 3.8) is 0 Å². The second-order valence-corrected chi connectivity index (χ2v) is 4.73. The minimum absolute atomic E-state index is 1.08. The van der Waals surface area contributed by atoms with Crippen molar-refractivity contribution in [3.8, 4) is 0 Å². The van der Waals surface area contributed by atoms with Crippen LogP contribution in [0.2, 0.25) is 0 Å². The Bertz CT molecular complexity index is 495. The van der Waals surface area contributed by atoms with E-state index in [4.69, 9.17) is 0 Å². The Balaban J connectivity index is -0.000000286. The molecule has 0 amide bonds. The smallest absolute Gasteiger partial charge is 0.0375 e. The molecule has 0 spiro atoms. The molecular formula is C21H38N2. The van der Waals surface area contributed by atoms with Crippen LogP contribution in [0, 0.1) is 20.8 Å². The standard InChI is InChI=1S/C9H15N.C8H11N.2C2H6/c1-6-7(2)8(3)9(4)10-5;1-6-4-8(3)9-5-7(6)2;2*1-2/h6H,1H2,2-5H3;4-5H,1-3H3;2*1-2H3/b8-7-,10-9?;;;. The summed E-state index contributed by atoms with van der Waals surface area (Å²) in [6, 6.07) is 2.09. The topological polar surface area (TPSA) is 25.2 Å². The van der Waals surface area contributed by atoms with E-state index < -0.39 is 0 Å². The lowest BCUT2D eigenvalue weighted by molar-refractivity contribution is 1.14. The minimum Gasteiger partial charge on any atom is -0.293 e. The SMILES string of the molecule is C=C/C(C)=C(/C)C(C)=NC.CC.CC.Cc1cc(C)c(C)cn1. The number of hydrogen-bond donors (Lipinski definition) is 0. The zero-order chi connectivity index (χ0) is 19.0. The molecule has 2 heteroatoms. The molecule has 0 aliphatic rings. The second kappa shape index (κ2) is 16.7. The first-order valence-electron chi connectivity index (χ1n) is 8.47. The summed E-state index contributed by atoms with van der Waals surface area (Å²) in [6.45, 7) is 24.0. The van der Waals surface area contributed by atoms with E-state index in [1.165, 1.54) is 22.3 Å². The maximum Gasteiger partial charge on any atom is 0.0375 e. The van der Waals surface area contributed by atoms with Gasteiger partial charge in [0, 0.05) is 24.7 Å². The van der Waals surface area contributed by atoms with Crippen LogP contribution in [-0.4, -0.2) is 17.7 Å². The van der Waals surface area contributed by atoms with Crippen LogP contribution in [0.3, 0.4) is 0 Å². The predicted octanol–water partition coefficient (Wildman–Crippen LogP) is 6.66. The molecule has 1 heterocycles. The van der Waals surface area contributed by atoms with E-state index in [1.54, 1.807) is 7.05 Å². The lowest BCUT2D eigenvalue weighted by atomic mass is 10.1. The molecule has 132 valence electrons. The van der Waals surface area contributed by atoms with E-state index in [2.05, 4.69) is 43.4 Å². The van der Waals surface area contributed by atoms with Gasteiger partial charge in [-0.05, 0) is 69.9 Å². The Hall–Kier alpha value is -1.70. The Morgan fingerprint density at radius 1 is 1.00 bits per heavy atom. The summed E-state index contributed by atoms with van der Waals surface area (Å²) in [5.74, 6) is 0. The molecule has 0 atom stereocenters. The summed E-state index contributed by atoms with van der Waals surface area (Å²) < 4.78 is 0. The van der Waals surface area contributed by atoms with Crippen LogP contribution >= 0.6 is 0 Å². The van der Waals surface area contributed by atoms with Gasteiger partial charge in [0.1, 0.15) is 0 Å². The molecule has 0 bridgehead atoms. The van der Waals surface area contributed by atoms with Gasteiger partial charge >= 0.3 is 0 Å². The summed E-state index contributed by atoms with van der Waals surface area (Å²) in [5, 5.41) is 0. The van der Waals surface area contributed by atoms with Crippen molar-refractivity contribution in [2.45, 2.75) is 69.2 Å². The van der Waals surface area contributed by atoms with E-state index in [9.17, 15) is 0 Å². The zero-order valence-electron chi connectivity index (χ0n) is 17.3. The van der Waals surface area contributed by atoms with Gasteiger partial charge in [-0.2, -0.15) is 0 Å². The quantitative estimate of drug-likeness (QED) is 0.442. The van der Waals surface area contributed by atoms with Crippen molar-refractivity contribution in [3.05, 3.63) is 52.9 Å². The fraction of sp³-hybridized carbons (Fsp3) is 0.524. The van der Waals surface area contributed by atoms with Gasteiger partial charge in [0.05, 0.1) is 0 Å². The van der Waals surface area contributed by atoms with Crippen LogP contribution in [-0.2, 0) is 0 Å². The Morgan fingerprint density at radius 2 is 1.48 bits per heavy atom. The first kappa shape index (κ1) is 26.2. The largest absolute Gasteiger partial charge is 0.293 e. The third kappa shape index (κ3) is 12.5. The molecule has 0 unspecified atom stereocenters. The summed E-state index contributed by atoms with van der Waals surface area (Å²) in [5.41, 5.74) is 7.18. The summed E-state index contributed by atoms with van der Waals surface area (Å²) in [6.07, 6.45) is 3.76. The average Bonchev–Trinajstić information content (AvgIpc) is 2.60. The number of rotatable bonds is 2. The zero-order valence-corrected chi connectivity index (χ0v) is 17.3. The first-order chi connectivity index (χ1) is 10.8. The molecule has 0 aliphatic heterocycles. The van der Waals surface area contributed by atoms with E-state index in [1.807, 2.05) is 60.7 Å². The summed E-state index contributed by atoms with van der Waals surface area (Å²) >= 11 is 0. The highest BCUT2D eigenvalue weighted by atomic mass is 14.7. The van der Waals surface area contributed by atoms with Crippen molar-refractivity contribution in [1.29, 1.82) is 0 Å². The van der Waals surface area contributed by atoms with Crippen LogP contribution in [0.5, 0.6) is 0 Å². The van der Waals surface area contributed by atoms with Crippen LogP contribution in [0.15, 0.2) is 41.1 Å². The summed E-state index contributed by atoms with van der Waals surface area (Å²) in [4.78, 5) is 8.21. The van der Waals surface area contributed by atoms with Gasteiger partial charge in [-0.15, -0.1) is 0 Å². The van der Waals surface area contributed by atoms with Gasteiger partial charge in [-0.25, -0.2) is 0 Å². The maximum atomic E-state index is 4.14. The lowest BCUT2D eigenvalue weighted by Gasteiger charge is -2.01.